The van der Waals surface area contributed by atoms with Crippen molar-refractivity contribution >= 4 is 16.9 Å². The van der Waals surface area contributed by atoms with Crippen molar-refractivity contribution in [1.82, 2.24) is 4.57 Å². The molecule has 0 saturated carbocycles. The highest BCUT2D eigenvalue weighted by atomic mass is 19.2. The highest BCUT2D eigenvalue weighted by Crippen LogP contribution is 2.22. The number of fused-ring (bicyclic) bond motifs is 1. The molecule has 0 saturated heterocycles. The number of pyridine rings is 1. The SMILES string of the molecule is COC(C)OCCn1cc(C(=O)O)c(=O)c2cc(F)c(F)c(F)c21. The van der Waals surface area contributed by atoms with Gasteiger partial charge >= 0.3 is 5.97 Å². The number of hydrogen-bond acceptors (Lipinski definition) is 4. The van der Waals surface area contributed by atoms with E-state index in [0.29, 0.717) is 6.07 Å². The van der Waals surface area contributed by atoms with Gasteiger partial charge in [-0.3, -0.25) is 4.79 Å². The highest BCUT2D eigenvalue weighted by Gasteiger charge is 2.22. The molecule has 0 fully saturated rings. The first kappa shape index (κ1) is 18.0. The second kappa shape index (κ2) is 7.02. The Kier molecular flexibility index (Phi) is 5.25. The molecule has 9 heteroatoms. The molecule has 0 spiro atoms. The predicted octanol–water partition coefficient (Wildman–Crippen LogP) is 2.13. The lowest BCUT2D eigenvalue weighted by Crippen LogP contribution is -2.22. The van der Waals surface area contributed by atoms with Crippen LogP contribution >= 0.6 is 0 Å². The Morgan fingerprint density at radius 2 is 2.00 bits per heavy atom. The van der Waals surface area contributed by atoms with E-state index in [1.54, 1.807) is 6.92 Å². The number of aromatic nitrogens is 1. The number of carboxylic acid groups (broad SMARTS) is 1. The molecule has 1 aromatic heterocycles. The number of carboxylic acids is 1. The Labute approximate surface area is 134 Å². The number of hydrogen-bond donors (Lipinski definition) is 1. The van der Waals surface area contributed by atoms with Crippen molar-refractivity contribution in [2.75, 3.05) is 13.7 Å². The fraction of sp³-hybridized carbons (Fsp3) is 0.333. The molecule has 2 rings (SSSR count). The van der Waals surface area contributed by atoms with Gasteiger partial charge < -0.3 is 19.1 Å². The van der Waals surface area contributed by atoms with Crippen LogP contribution in [0.15, 0.2) is 17.1 Å². The first-order valence-corrected chi connectivity index (χ1v) is 6.86. The van der Waals surface area contributed by atoms with Crippen LogP contribution in [0.2, 0.25) is 0 Å². The maximum atomic E-state index is 14.1. The van der Waals surface area contributed by atoms with Gasteiger partial charge in [0, 0.05) is 19.9 Å². The molecule has 0 aliphatic heterocycles. The van der Waals surface area contributed by atoms with E-state index in [0.717, 1.165) is 10.8 Å². The average Bonchev–Trinajstić information content (AvgIpc) is 2.54. The highest BCUT2D eigenvalue weighted by molar-refractivity contribution is 5.92. The number of halogens is 3. The van der Waals surface area contributed by atoms with E-state index < -0.39 is 51.6 Å². The molecular formula is C15H14F3NO5. The number of methoxy groups -OCH3 is 1. The Morgan fingerprint density at radius 1 is 1.33 bits per heavy atom. The Bertz CT molecular complexity index is 849. The number of carbonyl (C=O) groups is 1. The molecule has 6 nitrogen and oxygen atoms in total. The van der Waals surface area contributed by atoms with Gasteiger partial charge in [-0.2, -0.15) is 0 Å². The van der Waals surface area contributed by atoms with E-state index in [-0.39, 0.29) is 13.2 Å². The van der Waals surface area contributed by atoms with Crippen LogP contribution in [0.25, 0.3) is 10.9 Å². The minimum absolute atomic E-state index is 0.0372. The third kappa shape index (κ3) is 3.26. The molecule has 1 atom stereocenters. The lowest BCUT2D eigenvalue weighted by molar-refractivity contribution is -0.112. The molecule has 0 radical (unpaired) electrons. The molecule has 24 heavy (non-hydrogen) atoms. The van der Waals surface area contributed by atoms with Crippen LogP contribution in [0, 0.1) is 17.5 Å². The largest absolute Gasteiger partial charge is 0.477 e. The van der Waals surface area contributed by atoms with E-state index in [9.17, 15) is 22.8 Å². The molecule has 1 unspecified atom stereocenters. The minimum Gasteiger partial charge on any atom is -0.477 e. The summed E-state index contributed by atoms with van der Waals surface area (Å²) in [5.74, 6) is -6.45. The van der Waals surface area contributed by atoms with E-state index in [1.165, 1.54) is 7.11 Å². The van der Waals surface area contributed by atoms with Gasteiger partial charge in [-0.25, -0.2) is 18.0 Å². The van der Waals surface area contributed by atoms with Crippen molar-refractivity contribution in [2.24, 2.45) is 0 Å². The van der Waals surface area contributed by atoms with Gasteiger partial charge in [-0.1, -0.05) is 0 Å². The number of ether oxygens (including phenoxy) is 2. The van der Waals surface area contributed by atoms with Crippen molar-refractivity contribution in [1.29, 1.82) is 0 Å². The molecular weight excluding hydrogens is 331 g/mol. The monoisotopic (exact) mass is 345 g/mol. The Balaban J connectivity index is 2.63. The maximum absolute atomic E-state index is 14.1. The fourth-order valence-electron chi connectivity index (χ4n) is 2.18. The van der Waals surface area contributed by atoms with E-state index in [1.807, 2.05) is 0 Å². The zero-order chi connectivity index (χ0) is 18.0. The molecule has 1 heterocycles. The molecule has 2 aromatic rings. The second-order valence-corrected chi connectivity index (χ2v) is 4.93. The molecule has 0 bridgehead atoms. The third-order valence-electron chi connectivity index (χ3n) is 3.44. The summed E-state index contributed by atoms with van der Waals surface area (Å²) in [7, 11) is 1.40. The first-order chi connectivity index (χ1) is 11.3. The summed E-state index contributed by atoms with van der Waals surface area (Å²) in [6.45, 7) is 1.46. The summed E-state index contributed by atoms with van der Waals surface area (Å²) in [4.78, 5) is 23.2. The van der Waals surface area contributed by atoms with Gasteiger partial charge in [0.05, 0.1) is 17.5 Å². The van der Waals surface area contributed by atoms with Gasteiger partial charge in [0.15, 0.2) is 23.7 Å². The summed E-state index contributed by atoms with van der Waals surface area (Å²) in [6, 6.07) is 0.484. The fourth-order valence-corrected chi connectivity index (χ4v) is 2.18. The smallest absolute Gasteiger partial charge is 0.341 e. The molecule has 130 valence electrons. The predicted molar refractivity (Wildman–Crippen MR) is 77.5 cm³/mol. The van der Waals surface area contributed by atoms with E-state index >= 15 is 0 Å². The second-order valence-electron chi connectivity index (χ2n) is 4.93. The lowest BCUT2D eigenvalue weighted by atomic mass is 10.1. The average molecular weight is 345 g/mol. The van der Waals surface area contributed by atoms with Crippen LogP contribution < -0.4 is 5.43 Å². The topological polar surface area (TPSA) is 77.8 Å². The number of nitrogens with zero attached hydrogens (tertiary/aromatic N) is 1. The molecule has 0 aliphatic carbocycles. The Morgan fingerprint density at radius 3 is 2.58 bits per heavy atom. The summed E-state index contributed by atoms with van der Waals surface area (Å²) in [5.41, 5.74) is -2.32. The lowest BCUT2D eigenvalue weighted by Gasteiger charge is -2.15. The van der Waals surface area contributed by atoms with Crippen LogP contribution in [0.1, 0.15) is 17.3 Å². The number of aromatic carboxylic acids is 1. The van der Waals surface area contributed by atoms with E-state index in [2.05, 4.69) is 0 Å². The summed E-state index contributed by atoms with van der Waals surface area (Å²) in [5, 5.41) is 8.50. The van der Waals surface area contributed by atoms with Gasteiger partial charge in [-0.15, -0.1) is 0 Å². The zero-order valence-electron chi connectivity index (χ0n) is 12.8. The Hall–Kier alpha value is -2.39. The van der Waals surface area contributed by atoms with Crippen molar-refractivity contribution in [3.05, 3.63) is 45.5 Å². The van der Waals surface area contributed by atoms with Crippen molar-refractivity contribution in [3.8, 4) is 0 Å². The maximum Gasteiger partial charge on any atom is 0.341 e. The van der Waals surface area contributed by atoms with Crippen LogP contribution in [-0.4, -0.2) is 35.6 Å². The number of benzene rings is 1. The molecule has 1 aromatic carbocycles. The summed E-state index contributed by atoms with van der Waals surface area (Å²) < 4.78 is 52.1. The van der Waals surface area contributed by atoms with Crippen LogP contribution in [0.4, 0.5) is 13.2 Å². The standard InChI is InChI=1S/C15H14F3NO5/c1-7(23-2)24-4-3-19-6-9(15(21)22)14(20)8-5-10(16)11(17)12(18)13(8)19/h5-7H,3-4H2,1-2H3,(H,21,22). The van der Waals surface area contributed by atoms with Gasteiger partial charge in [0.2, 0.25) is 5.43 Å². The van der Waals surface area contributed by atoms with Gasteiger partial charge in [0.25, 0.3) is 0 Å². The molecule has 0 aliphatic rings. The summed E-state index contributed by atoms with van der Waals surface area (Å²) >= 11 is 0. The first-order valence-electron chi connectivity index (χ1n) is 6.86. The van der Waals surface area contributed by atoms with Crippen LogP contribution in [-0.2, 0) is 16.0 Å². The van der Waals surface area contributed by atoms with Gasteiger partial charge in [0.1, 0.15) is 5.56 Å². The van der Waals surface area contributed by atoms with Crippen molar-refractivity contribution in [2.45, 2.75) is 19.8 Å². The van der Waals surface area contributed by atoms with Crippen LogP contribution in [0.5, 0.6) is 0 Å². The van der Waals surface area contributed by atoms with Crippen LogP contribution in [0.3, 0.4) is 0 Å². The quantitative estimate of drug-likeness (QED) is 0.641. The summed E-state index contributed by atoms with van der Waals surface area (Å²) in [6.07, 6.45) is 0.294. The van der Waals surface area contributed by atoms with Crippen molar-refractivity contribution < 1.29 is 32.5 Å². The zero-order valence-corrected chi connectivity index (χ0v) is 12.8. The molecule has 0 amide bonds. The van der Waals surface area contributed by atoms with E-state index in [4.69, 9.17) is 14.6 Å². The van der Waals surface area contributed by atoms with Crippen molar-refractivity contribution in [3.63, 3.8) is 0 Å². The minimum atomic E-state index is -1.75. The third-order valence-corrected chi connectivity index (χ3v) is 3.44. The normalized spacial score (nSPS) is 12.5. The molecule has 1 N–H and O–H groups in total. The number of rotatable bonds is 6. The van der Waals surface area contributed by atoms with Gasteiger partial charge in [-0.05, 0) is 13.0 Å².